The van der Waals surface area contributed by atoms with Crippen molar-refractivity contribution in [3.63, 3.8) is 0 Å². The van der Waals surface area contributed by atoms with Crippen LogP contribution >= 0.6 is 0 Å². The number of nitrogens with one attached hydrogen (secondary N) is 2. The Labute approximate surface area is 155 Å². The number of aliphatic hydroxyl groups is 1. The minimum atomic E-state index is -4.71. The topological polar surface area (TPSA) is 83.0 Å². The number of alkyl halides is 6. The Hall–Kier alpha value is -2.63. The van der Waals surface area contributed by atoms with E-state index >= 15 is 0 Å². The molecule has 0 saturated heterocycles. The van der Waals surface area contributed by atoms with Crippen molar-refractivity contribution in [2.45, 2.75) is 43.9 Å². The van der Waals surface area contributed by atoms with Gasteiger partial charge in [-0.2, -0.15) is 31.3 Å². The van der Waals surface area contributed by atoms with E-state index in [1.54, 1.807) is 0 Å². The lowest BCUT2D eigenvalue weighted by molar-refractivity contribution is -0.138. The van der Waals surface area contributed by atoms with Crippen LogP contribution in [0.5, 0.6) is 0 Å². The molecule has 1 fully saturated rings. The fourth-order valence-electron chi connectivity index (χ4n) is 2.70. The lowest BCUT2D eigenvalue weighted by atomic mass is 9.89. The van der Waals surface area contributed by atoms with Gasteiger partial charge in [-0.3, -0.25) is 4.98 Å². The Morgan fingerprint density at radius 2 is 1.71 bits per heavy atom. The molecule has 1 saturated carbocycles. The van der Waals surface area contributed by atoms with Crippen molar-refractivity contribution >= 4 is 11.8 Å². The molecule has 12 heteroatoms. The van der Waals surface area contributed by atoms with E-state index in [0.717, 1.165) is 18.5 Å². The van der Waals surface area contributed by atoms with Crippen LogP contribution in [0.1, 0.15) is 29.5 Å². The molecule has 2 heterocycles. The highest BCUT2D eigenvalue weighted by molar-refractivity contribution is 5.50. The Bertz CT molecular complexity index is 835. The second-order valence-electron chi connectivity index (χ2n) is 6.30. The summed E-state index contributed by atoms with van der Waals surface area (Å²) in [5.74, 6) is -0.767. The summed E-state index contributed by atoms with van der Waals surface area (Å²) in [5.41, 5.74) is -2.21. The van der Waals surface area contributed by atoms with Gasteiger partial charge in [0.25, 0.3) is 0 Å². The number of hydrogen-bond acceptors (Lipinski definition) is 6. The standard InChI is InChI=1S/C16H15F6N5O/c17-15(18,19)11-1-2-23-5-8(11)6-24-14-25-7-12(16(20,21)22)13(27-14)26-9-3-10(28)4-9/h1-2,5,7,9-10,28H,3-4,6H2,(H2,24,25,26,27)/t9-,10-. The first-order valence-corrected chi connectivity index (χ1v) is 8.17. The molecule has 0 atom stereocenters. The molecule has 152 valence electrons. The Morgan fingerprint density at radius 3 is 2.32 bits per heavy atom. The summed E-state index contributed by atoms with van der Waals surface area (Å²) in [7, 11) is 0. The van der Waals surface area contributed by atoms with Crippen LogP contribution < -0.4 is 10.6 Å². The second kappa shape index (κ2) is 7.41. The summed E-state index contributed by atoms with van der Waals surface area (Å²) < 4.78 is 78.4. The average molecular weight is 407 g/mol. The normalized spacial score (nSPS) is 19.8. The van der Waals surface area contributed by atoms with Gasteiger partial charge < -0.3 is 15.7 Å². The molecule has 6 nitrogen and oxygen atoms in total. The van der Waals surface area contributed by atoms with Gasteiger partial charge in [0.1, 0.15) is 11.4 Å². The van der Waals surface area contributed by atoms with Gasteiger partial charge in [-0.05, 0) is 18.9 Å². The van der Waals surface area contributed by atoms with Crippen molar-refractivity contribution in [1.29, 1.82) is 0 Å². The quantitative estimate of drug-likeness (QED) is 0.659. The SMILES string of the molecule is O[C@H]1C[C@H](Nc2nc(NCc3cnccc3C(F)(F)F)ncc2C(F)(F)F)C1. The first kappa shape index (κ1) is 20.1. The van der Waals surface area contributed by atoms with Crippen LogP contribution in [-0.4, -0.2) is 32.2 Å². The Kier molecular flexibility index (Phi) is 5.33. The van der Waals surface area contributed by atoms with E-state index < -0.39 is 35.4 Å². The summed E-state index contributed by atoms with van der Waals surface area (Å²) in [6.45, 7) is -0.379. The number of aromatic nitrogens is 3. The number of hydrogen-bond donors (Lipinski definition) is 3. The third-order valence-corrected chi connectivity index (χ3v) is 4.19. The summed E-state index contributed by atoms with van der Waals surface area (Å²) >= 11 is 0. The summed E-state index contributed by atoms with van der Waals surface area (Å²) in [6, 6.07) is 0.425. The summed E-state index contributed by atoms with van der Waals surface area (Å²) in [4.78, 5) is 10.9. The van der Waals surface area contributed by atoms with Crippen molar-refractivity contribution in [2.24, 2.45) is 0 Å². The highest BCUT2D eigenvalue weighted by Gasteiger charge is 2.37. The minimum absolute atomic E-state index is 0.199. The fraction of sp³-hybridized carbons (Fsp3) is 0.438. The minimum Gasteiger partial charge on any atom is -0.393 e. The molecule has 2 aromatic rings. The van der Waals surface area contributed by atoms with Crippen LogP contribution in [0.3, 0.4) is 0 Å². The first-order chi connectivity index (χ1) is 13.0. The van der Waals surface area contributed by atoms with Crippen LogP contribution in [-0.2, 0) is 18.9 Å². The van der Waals surface area contributed by atoms with E-state index in [1.165, 1.54) is 0 Å². The number of rotatable bonds is 5. The van der Waals surface area contributed by atoms with Gasteiger partial charge >= 0.3 is 12.4 Å². The van der Waals surface area contributed by atoms with Gasteiger partial charge in [-0.1, -0.05) is 0 Å². The van der Waals surface area contributed by atoms with E-state index in [0.29, 0.717) is 6.20 Å². The fourth-order valence-corrected chi connectivity index (χ4v) is 2.70. The number of pyridine rings is 1. The van der Waals surface area contributed by atoms with Crippen molar-refractivity contribution in [1.82, 2.24) is 15.0 Å². The average Bonchev–Trinajstić information content (AvgIpc) is 2.57. The lowest BCUT2D eigenvalue weighted by Crippen LogP contribution is -2.39. The summed E-state index contributed by atoms with van der Waals surface area (Å²) in [6.07, 6.45) is -6.79. The Morgan fingerprint density at radius 1 is 1.04 bits per heavy atom. The van der Waals surface area contributed by atoms with Crippen molar-refractivity contribution in [3.05, 3.63) is 41.3 Å². The number of anilines is 2. The monoisotopic (exact) mass is 407 g/mol. The van der Waals surface area contributed by atoms with Crippen molar-refractivity contribution < 1.29 is 31.4 Å². The van der Waals surface area contributed by atoms with E-state index in [2.05, 4.69) is 25.6 Å². The third-order valence-electron chi connectivity index (χ3n) is 4.19. The van der Waals surface area contributed by atoms with Gasteiger partial charge in [-0.25, -0.2) is 4.98 Å². The lowest BCUT2D eigenvalue weighted by Gasteiger charge is -2.33. The van der Waals surface area contributed by atoms with E-state index in [4.69, 9.17) is 0 Å². The van der Waals surface area contributed by atoms with Crippen LogP contribution in [0.4, 0.5) is 38.1 Å². The molecular formula is C16H15F6N5O. The maximum Gasteiger partial charge on any atom is 0.421 e. The van der Waals surface area contributed by atoms with Crippen LogP contribution in [0, 0.1) is 0 Å². The maximum absolute atomic E-state index is 13.1. The van der Waals surface area contributed by atoms with E-state index in [-0.39, 0.29) is 36.9 Å². The third kappa shape index (κ3) is 4.61. The van der Waals surface area contributed by atoms with E-state index in [9.17, 15) is 31.4 Å². The molecule has 28 heavy (non-hydrogen) atoms. The molecule has 0 amide bonds. The molecule has 1 aliphatic carbocycles. The highest BCUT2D eigenvalue weighted by Crippen LogP contribution is 2.36. The van der Waals surface area contributed by atoms with E-state index in [1.807, 2.05) is 0 Å². The Balaban J connectivity index is 1.80. The molecule has 0 aromatic carbocycles. The van der Waals surface area contributed by atoms with Gasteiger partial charge in [0, 0.05) is 36.7 Å². The predicted molar refractivity (Wildman–Crippen MR) is 86.3 cm³/mol. The molecular weight excluding hydrogens is 392 g/mol. The first-order valence-electron chi connectivity index (χ1n) is 8.17. The van der Waals surface area contributed by atoms with Crippen molar-refractivity contribution in [3.8, 4) is 0 Å². The zero-order valence-electron chi connectivity index (χ0n) is 14.1. The second-order valence-corrected chi connectivity index (χ2v) is 6.30. The number of aliphatic hydroxyl groups excluding tert-OH is 1. The zero-order chi connectivity index (χ0) is 20.5. The maximum atomic E-state index is 13.1. The molecule has 2 aromatic heterocycles. The molecule has 0 aliphatic heterocycles. The molecule has 3 rings (SSSR count). The zero-order valence-corrected chi connectivity index (χ0v) is 14.1. The van der Waals surface area contributed by atoms with Gasteiger partial charge in [0.05, 0.1) is 11.7 Å². The molecule has 1 aliphatic rings. The predicted octanol–water partition coefficient (Wildman–Crippen LogP) is 3.46. The molecule has 0 spiro atoms. The van der Waals surface area contributed by atoms with Crippen LogP contribution in [0.15, 0.2) is 24.7 Å². The van der Waals surface area contributed by atoms with Crippen molar-refractivity contribution in [2.75, 3.05) is 10.6 Å². The van der Waals surface area contributed by atoms with Crippen LogP contribution in [0.25, 0.3) is 0 Å². The molecule has 3 N–H and O–H groups in total. The highest BCUT2D eigenvalue weighted by atomic mass is 19.4. The molecule has 0 bridgehead atoms. The van der Waals surface area contributed by atoms with Gasteiger partial charge in [0.2, 0.25) is 5.95 Å². The van der Waals surface area contributed by atoms with Crippen LogP contribution in [0.2, 0.25) is 0 Å². The smallest absolute Gasteiger partial charge is 0.393 e. The number of halogens is 6. The van der Waals surface area contributed by atoms with Gasteiger partial charge in [-0.15, -0.1) is 0 Å². The largest absolute Gasteiger partial charge is 0.421 e. The summed E-state index contributed by atoms with van der Waals surface area (Å²) in [5, 5.41) is 14.4. The van der Waals surface area contributed by atoms with Gasteiger partial charge in [0.15, 0.2) is 0 Å². The number of nitrogens with zero attached hydrogens (tertiary/aromatic N) is 3. The molecule has 0 radical (unpaired) electrons. The molecule has 0 unspecified atom stereocenters.